The fourth-order valence-corrected chi connectivity index (χ4v) is 2.58. The van der Waals surface area contributed by atoms with Crippen molar-refractivity contribution in [2.45, 2.75) is 59.2 Å². The highest BCUT2D eigenvalue weighted by atomic mass is 16.6. The molecule has 0 saturated carbocycles. The summed E-state index contributed by atoms with van der Waals surface area (Å²) in [5, 5.41) is 0. The van der Waals surface area contributed by atoms with E-state index in [1.807, 2.05) is 46.8 Å². The zero-order valence-corrected chi connectivity index (χ0v) is 14.2. The highest BCUT2D eigenvalue weighted by molar-refractivity contribution is 5.68. The number of carbonyl (C=O) groups excluding carboxylic acids is 1. The molecule has 0 bridgehead atoms. The van der Waals surface area contributed by atoms with Gasteiger partial charge in [0, 0.05) is 30.1 Å². The summed E-state index contributed by atoms with van der Waals surface area (Å²) < 4.78 is 11.5. The fraction of sp³-hybridized carbons (Fsp3) is 0.647. The maximum Gasteiger partial charge on any atom is 0.410 e. The number of likely N-dealkylation sites (tertiary alicyclic amines) is 1. The second-order valence-corrected chi connectivity index (χ2v) is 6.89. The van der Waals surface area contributed by atoms with Gasteiger partial charge in [-0.15, -0.1) is 0 Å². The first-order chi connectivity index (χ1) is 10.2. The lowest BCUT2D eigenvalue weighted by molar-refractivity contribution is 0.00773. The summed E-state index contributed by atoms with van der Waals surface area (Å²) >= 11 is 0. The van der Waals surface area contributed by atoms with Gasteiger partial charge in [-0.3, -0.25) is 4.98 Å². The SMILES string of the molecule is Cc1cc(OC2CCCN(C(=O)OC(C)(C)C)C2)cc(C)n1. The summed E-state index contributed by atoms with van der Waals surface area (Å²) in [5.41, 5.74) is 1.41. The van der Waals surface area contributed by atoms with Crippen molar-refractivity contribution in [2.24, 2.45) is 0 Å². The number of rotatable bonds is 2. The van der Waals surface area contributed by atoms with E-state index in [0.717, 1.165) is 36.5 Å². The van der Waals surface area contributed by atoms with Crippen LogP contribution in [0, 0.1) is 13.8 Å². The van der Waals surface area contributed by atoms with Gasteiger partial charge in [0.15, 0.2) is 0 Å². The Balaban J connectivity index is 1.97. The maximum absolute atomic E-state index is 12.2. The Morgan fingerprint density at radius 1 is 1.27 bits per heavy atom. The van der Waals surface area contributed by atoms with Crippen LogP contribution in [0.1, 0.15) is 45.0 Å². The Kier molecular flexibility index (Phi) is 4.94. The molecule has 2 rings (SSSR count). The molecule has 0 spiro atoms. The van der Waals surface area contributed by atoms with Crippen LogP contribution in [0.4, 0.5) is 4.79 Å². The van der Waals surface area contributed by atoms with Gasteiger partial charge in [-0.25, -0.2) is 4.79 Å². The Labute approximate surface area is 132 Å². The van der Waals surface area contributed by atoms with Crippen LogP contribution in [-0.4, -0.2) is 40.8 Å². The molecule has 2 heterocycles. The average molecular weight is 306 g/mol. The molecule has 22 heavy (non-hydrogen) atoms. The molecule has 1 unspecified atom stereocenters. The van der Waals surface area contributed by atoms with Gasteiger partial charge in [-0.1, -0.05) is 0 Å². The molecule has 1 fully saturated rings. The van der Waals surface area contributed by atoms with Crippen molar-refractivity contribution in [1.29, 1.82) is 0 Å². The molecule has 1 aliphatic heterocycles. The van der Waals surface area contributed by atoms with Crippen molar-refractivity contribution in [2.75, 3.05) is 13.1 Å². The summed E-state index contributed by atoms with van der Waals surface area (Å²) in [6.45, 7) is 10.8. The third kappa shape index (κ3) is 4.90. The number of hydrogen-bond acceptors (Lipinski definition) is 4. The van der Waals surface area contributed by atoms with E-state index >= 15 is 0 Å². The lowest BCUT2D eigenvalue weighted by atomic mass is 10.1. The second-order valence-electron chi connectivity index (χ2n) is 6.89. The largest absolute Gasteiger partial charge is 0.488 e. The van der Waals surface area contributed by atoms with E-state index in [9.17, 15) is 4.79 Å². The number of nitrogens with zero attached hydrogens (tertiary/aromatic N) is 2. The van der Waals surface area contributed by atoms with Gasteiger partial charge < -0.3 is 14.4 Å². The van der Waals surface area contributed by atoms with Crippen molar-refractivity contribution in [3.63, 3.8) is 0 Å². The first-order valence-electron chi connectivity index (χ1n) is 7.83. The minimum absolute atomic E-state index is 0.00229. The summed E-state index contributed by atoms with van der Waals surface area (Å²) in [7, 11) is 0. The molecule has 1 amide bonds. The van der Waals surface area contributed by atoms with E-state index in [0.29, 0.717) is 6.54 Å². The van der Waals surface area contributed by atoms with Gasteiger partial charge in [-0.2, -0.15) is 0 Å². The Bertz CT molecular complexity index is 517. The fourth-order valence-electron chi connectivity index (χ4n) is 2.58. The van der Waals surface area contributed by atoms with E-state index < -0.39 is 5.60 Å². The van der Waals surface area contributed by atoms with Crippen LogP contribution in [0.5, 0.6) is 5.75 Å². The van der Waals surface area contributed by atoms with Crippen LogP contribution >= 0.6 is 0 Å². The van der Waals surface area contributed by atoms with Crippen molar-refractivity contribution >= 4 is 6.09 Å². The molecule has 1 aromatic rings. The first kappa shape index (κ1) is 16.6. The Morgan fingerprint density at radius 2 is 1.91 bits per heavy atom. The van der Waals surface area contributed by atoms with Crippen LogP contribution in [0.15, 0.2) is 12.1 Å². The zero-order chi connectivity index (χ0) is 16.3. The second kappa shape index (κ2) is 6.55. The van der Waals surface area contributed by atoms with E-state index in [1.165, 1.54) is 0 Å². The number of ether oxygens (including phenoxy) is 2. The molecule has 122 valence electrons. The molecule has 0 radical (unpaired) electrons. The van der Waals surface area contributed by atoms with E-state index in [4.69, 9.17) is 9.47 Å². The summed E-state index contributed by atoms with van der Waals surface area (Å²) in [6.07, 6.45) is 1.61. The Morgan fingerprint density at radius 3 is 2.50 bits per heavy atom. The van der Waals surface area contributed by atoms with Crippen LogP contribution in [0.3, 0.4) is 0 Å². The molecule has 1 saturated heterocycles. The van der Waals surface area contributed by atoms with Crippen molar-refractivity contribution in [1.82, 2.24) is 9.88 Å². The summed E-state index contributed by atoms with van der Waals surface area (Å²) in [5.74, 6) is 0.820. The van der Waals surface area contributed by atoms with E-state index in [-0.39, 0.29) is 12.2 Å². The van der Waals surface area contributed by atoms with Crippen LogP contribution in [0.25, 0.3) is 0 Å². The molecule has 1 aliphatic rings. The molecule has 1 aromatic heterocycles. The molecule has 0 aliphatic carbocycles. The topological polar surface area (TPSA) is 51.7 Å². The molecule has 5 heteroatoms. The number of hydrogen-bond donors (Lipinski definition) is 0. The molecule has 0 aromatic carbocycles. The first-order valence-corrected chi connectivity index (χ1v) is 7.83. The van der Waals surface area contributed by atoms with Gasteiger partial charge in [0.1, 0.15) is 17.5 Å². The van der Waals surface area contributed by atoms with Gasteiger partial charge in [0.25, 0.3) is 0 Å². The van der Waals surface area contributed by atoms with Crippen LogP contribution in [-0.2, 0) is 4.74 Å². The highest BCUT2D eigenvalue weighted by Gasteiger charge is 2.28. The van der Waals surface area contributed by atoms with Gasteiger partial charge in [0.05, 0.1) is 6.54 Å². The minimum atomic E-state index is -0.468. The van der Waals surface area contributed by atoms with Gasteiger partial charge in [0.2, 0.25) is 0 Å². The number of pyridine rings is 1. The number of aryl methyl sites for hydroxylation is 2. The van der Waals surface area contributed by atoms with E-state index in [2.05, 4.69) is 4.98 Å². The molecular weight excluding hydrogens is 280 g/mol. The number of piperidine rings is 1. The average Bonchev–Trinajstić information content (AvgIpc) is 2.35. The molecule has 0 N–H and O–H groups in total. The maximum atomic E-state index is 12.2. The number of carbonyl (C=O) groups is 1. The highest BCUT2D eigenvalue weighted by Crippen LogP contribution is 2.21. The van der Waals surface area contributed by atoms with Crippen molar-refractivity contribution < 1.29 is 14.3 Å². The summed E-state index contributed by atoms with van der Waals surface area (Å²) in [6, 6.07) is 3.86. The number of aromatic nitrogens is 1. The predicted molar refractivity (Wildman–Crippen MR) is 85.2 cm³/mol. The molecular formula is C17H26N2O3. The smallest absolute Gasteiger partial charge is 0.410 e. The van der Waals surface area contributed by atoms with Crippen molar-refractivity contribution in [3.05, 3.63) is 23.5 Å². The lowest BCUT2D eigenvalue weighted by Gasteiger charge is -2.34. The Hall–Kier alpha value is -1.78. The lowest BCUT2D eigenvalue weighted by Crippen LogP contribution is -2.46. The third-order valence-electron chi connectivity index (χ3n) is 3.39. The van der Waals surface area contributed by atoms with Crippen molar-refractivity contribution in [3.8, 4) is 5.75 Å². The zero-order valence-electron chi connectivity index (χ0n) is 14.2. The molecule has 1 atom stereocenters. The minimum Gasteiger partial charge on any atom is -0.488 e. The van der Waals surface area contributed by atoms with Crippen LogP contribution < -0.4 is 4.74 Å². The monoisotopic (exact) mass is 306 g/mol. The standard InChI is InChI=1S/C17H26N2O3/c1-12-9-15(10-13(2)18-12)21-14-7-6-8-19(11-14)16(20)22-17(3,4)5/h9-10,14H,6-8,11H2,1-5H3. The number of amides is 1. The van der Waals surface area contributed by atoms with Gasteiger partial charge in [-0.05, 0) is 47.5 Å². The normalized spacial score (nSPS) is 19.0. The summed E-state index contributed by atoms with van der Waals surface area (Å²) in [4.78, 5) is 18.2. The third-order valence-corrected chi connectivity index (χ3v) is 3.39. The van der Waals surface area contributed by atoms with Crippen LogP contribution in [0.2, 0.25) is 0 Å². The molecule has 5 nitrogen and oxygen atoms in total. The predicted octanol–water partition coefficient (Wildman–Crippen LogP) is 3.48. The van der Waals surface area contributed by atoms with Gasteiger partial charge >= 0.3 is 6.09 Å². The van der Waals surface area contributed by atoms with E-state index in [1.54, 1.807) is 4.90 Å². The quantitative estimate of drug-likeness (QED) is 0.839.